The third-order valence-electron chi connectivity index (χ3n) is 3.72. The average Bonchev–Trinajstić information content (AvgIpc) is 3.15. The van der Waals surface area contributed by atoms with Gasteiger partial charge in [-0.1, -0.05) is 24.4 Å². The summed E-state index contributed by atoms with van der Waals surface area (Å²) in [7, 11) is 0. The summed E-state index contributed by atoms with van der Waals surface area (Å²) in [6.45, 7) is 0.726. The molecule has 1 heterocycles. The topological polar surface area (TPSA) is 67.3 Å². The van der Waals surface area contributed by atoms with Gasteiger partial charge in [0.25, 0.3) is 0 Å². The van der Waals surface area contributed by atoms with Crippen molar-refractivity contribution in [2.24, 2.45) is 0 Å². The summed E-state index contributed by atoms with van der Waals surface area (Å²) in [5.41, 5.74) is 2.28. The number of rotatable bonds is 6. The van der Waals surface area contributed by atoms with Crippen molar-refractivity contribution in [3.63, 3.8) is 0 Å². The van der Waals surface area contributed by atoms with Crippen LogP contribution in [0.5, 0.6) is 0 Å². The second-order valence-corrected chi connectivity index (χ2v) is 6.26. The molecule has 0 radical (unpaired) electrons. The quantitative estimate of drug-likeness (QED) is 0.853. The Morgan fingerprint density at radius 3 is 3.00 bits per heavy atom. The maximum Gasteiger partial charge on any atom is 0.129 e. The SMILES string of the molecule is OC(CNc1c(Cl)ccc2nsnc12)COC1CCCC1. The van der Waals surface area contributed by atoms with Crippen molar-refractivity contribution in [1.29, 1.82) is 0 Å². The van der Waals surface area contributed by atoms with Crippen molar-refractivity contribution < 1.29 is 9.84 Å². The molecule has 1 saturated carbocycles. The number of anilines is 1. The van der Waals surface area contributed by atoms with Gasteiger partial charge in [-0.3, -0.25) is 0 Å². The molecule has 21 heavy (non-hydrogen) atoms. The number of aliphatic hydroxyl groups excluding tert-OH is 1. The molecule has 1 aliphatic rings. The smallest absolute Gasteiger partial charge is 0.129 e. The van der Waals surface area contributed by atoms with Crippen LogP contribution in [-0.2, 0) is 4.74 Å². The summed E-state index contributed by atoms with van der Waals surface area (Å²) >= 11 is 7.34. The van der Waals surface area contributed by atoms with E-state index in [0.29, 0.717) is 24.3 Å². The minimum absolute atomic E-state index is 0.314. The molecule has 2 aromatic rings. The van der Waals surface area contributed by atoms with Crippen molar-refractivity contribution in [3.05, 3.63) is 17.2 Å². The molecule has 114 valence electrons. The fraction of sp³-hybridized carbons (Fsp3) is 0.571. The van der Waals surface area contributed by atoms with E-state index in [0.717, 1.165) is 41.3 Å². The fourth-order valence-electron chi connectivity index (χ4n) is 2.58. The number of nitrogens with zero attached hydrogens (tertiary/aromatic N) is 2. The Hall–Kier alpha value is -0.950. The Balaban J connectivity index is 1.55. The number of ether oxygens (including phenoxy) is 1. The van der Waals surface area contributed by atoms with Crippen LogP contribution < -0.4 is 5.32 Å². The standard InChI is InChI=1S/C14H18ClN3O2S/c15-11-5-6-12-14(18-21-17-12)13(11)16-7-9(19)8-20-10-3-1-2-4-10/h5-6,9-10,16,19H,1-4,7-8H2. The van der Waals surface area contributed by atoms with Crippen LogP contribution in [0.15, 0.2) is 12.1 Å². The zero-order valence-electron chi connectivity index (χ0n) is 11.6. The third-order valence-corrected chi connectivity index (χ3v) is 4.58. The maximum atomic E-state index is 10.0. The molecule has 1 aliphatic carbocycles. The largest absolute Gasteiger partial charge is 0.389 e. The van der Waals surface area contributed by atoms with Crippen molar-refractivity contribution in [2.45, 2.75) is 37.9 Å². The molecule has 3 rings (SSSR count). The highest BCUT2D eigenvalue weighted by molar-refractivity contribution is 7.00. The van der Waals surface area contributed by atoms with Gasteiger partial charge in [0.2, 0.25) is 0 Å². The summed E-state index contributed by atoms with van der Waals surface area (Å²) in [5, 5.41) is 13.8. The first-order valence-electron chi connectivity index (χ1n) is 7.18. The number of nitrogens with one attached hydrogen (secondary N) is 1. The van der Waals surface area contributed by atoms with E-state index in [1.807, 2.05) is 6.07 Å². The predicted octanol–water partition coefficient (Wildman–Crippen LogP) is 3.08. The van der Waals surface area contributed by atoms with Gasteiger partial charge >= 0.3 is 0 Å². The molecule has 5 nitrogen and oxygen atoms in total. The highest BCUT2D eigenvalue weighted by atomic mass is 35.5. The van der Waals surface area contributed by atoms with Crippen LogP contribution in [0.2, 0.25) is 5.02 Å². The van der Waals surface area contributed by atoms with E-state index < -0.39 is 6.10 Å². The summed E-state index contributed by atoms with van der Waals surface area (Å²) in [4.78, 5) is 0. The van der Waals surface area contributed by atoms with E-state index in [-0.39, 0.29) is 0 Å². The highest BCUT2D eigenvalue weighted by Gasteiger charge is 2.17. The lowest BCUT2D eigenvalue weighted by atomic mass is 10.2. The molecule has 1 aromatic carbocycles. The lowest BCUT2D eigenvalue weighted by Gasteiger charge is -2.17. The van der Waals surface area contributed by atoms with Crippen LogP contribution >= 0.6 is 23.3 Å². The molecule has 1 fully saturated rings. The monoisotopic (exact) mass is 327 g/mol. The normalized spacial score (nSPS) is 17.4. The van der Waals surface area contributed by atoms with E-state index >= 15 is 0 Å². The minimum Gasteiger partial charge on any atom is -0.389 e. The number of aliphatic hydroxyl groups is 1. The van der Waals surface area contributed by atoms with Crippen LogP contribution in [0.25, 0.3) is 11.0 Å². The highest BCUT2D eigenvalue weighted by Crippen LogP contribution is 2.29. The van der Waals surface area contributed by atoms with Gasteiger partial charge < -0.3 is 15.2 Å². The van der Waals surface area contributed by atoms with Crippen LogP contribution in [0.1, 0.15) is 25.7 Å². The number of hydrogen-bond donors (Lipinski definition) is 2. The Kier molecular flexibility index (Phi) is 4.90. The molecule has 0 saturated heterocycles. The van der Waals surface area contributed by atoms with Crippen molar-refractivity contribution in [1.82, 2.24) is 8.75 Å². The van der Waals surface area contributed by atoms with Gasteiger partial charge in [-0.05, 0) is 25.0 Å². The molecule has 0 bridgehead atoms. The molecular formula is C14H18ClN3O2S. The maximum absolute atomic E-state index is 10.0. The number of fused-ring (bicyclic) bond motifs is 1. The first-order chi connectivity index (χ1) is 10.2. The van der Waals surface area contributed by atoms with Crippen LogP contribution in [0.4, 0.5) is 5.69 Å². The molecule has 2 N–H and O–H groups in total. The van der Waals surface area contributed by atoms with Crippen molar-refractivity contribution in [3.8, 4) is 0 Å². The van der Waals surface area contributed by atoms with Gasteiger partial charge in [0, 0.05) is 6.54 Å². The Labute approximate surface area is 132 Å². The van der Waals surface area contributed by atoms with E-state index in [1.165, 1.54) is 12.8 Å². The fourth-order valence-corrected chi connectivity index (χ4v) is 3.34. The summed E-state index contributed by atoms with van der Waals surface area (Å²) in [6.07, 6.45) is 4.42. The van der Waals surface area contributed by atoms with Crippen molar-refractivity contribution in [2.75, 3.05) is 18.5 Å². The molecule has 0 amide bonds. The van der Waals surface area contributed by atoms with E-state index in [4.69, 9.17) is 16.3 Å². The Morgan fingerprint density at radius 1 is 1.38 bits per heavy atom. The second-order valence-electron chi connectivity index (χ2n) is 5.33. The second kappa shape index (κ2) is 6.87. The first kappa shape index (κ1) is 15.0. The van der Waals surface area contributed by atoms with Crippen molar-refractivity contribution >= 4 is 40.0 Å². The number of aromatic nitrogens is 2. The minimum atomic E-state index is -0.566. The zero-order chi connectivity index (χ0) is 14.7. The van der Waals surface area contributed by atoms with E-state index in [9.17, 15) is 5.11 Å². The van der Waals surface area contributed by atoms with Gasteiger partial charge in [0.1, 0.15) is 11.0 Å². The lowest BCUT2D eigenvalue weighted by Crippen LogP contribution is -2.27. The molecule has 1 atom stereocenters. The van der Waals surface area contributed by atoms with Crippen LogP contribution in [0.3, 0.4) is 0 Å². The number of benzene rings is 1. The molecular weight excluding hydrogens is 310 g/mol. The van der Waals surface area contributed by atoms with Gasteiger partial charge in [-0.2, -0.15) is 8.75 Å². The molecule has 0 spiro atoms. The number of halogens is 1. The lowest BCUT2D eigenvalue weighted by molar-refractivity contribution is -0.00116. The third kappa shape index (κ3) is 3.63. The number of hydrogen-bond acceptors (Lipinski definition) is 6. The van der Waals surface area contributed by atoms with Crippen LogP contribution in [0, 0.1) is 0 Å². The van der Waals surface area contributed by atoms with Gasteiger partial charge in [0.15, 0.2) is 0 Å². The Bertz CT molecular complexity index is 601. The van der Waals surface area contributed by atoms with E-state index in [1.54, 1.807) is 6.07 Å². The van der Waals surface area contributed by atoms with E-state index in [2.05, 4.69) is 14.1 Å². The predicted molar refractivity (Wildman–Crippen MR) is 85.1 cm³/mol. The summed E-state index contributed by atoms with van der Waals surface area (Å²) < 4.78 is 14.1. The van der Waals surface area contributed by atoms with Crippen LogP contribution in [-0.4, -0.2) is 39.2 Å². The van der Waals surface area contributed by atoms with Gasteiger partial charge in [-0.15, -0.1) is 0 Å². The molecule has 1 aromatic heterocycles. The first-order valence-corrected chi connectivity index (χ1v) is 8.29. The van der Waals surface area contributed by atoms with Gasteiger partial charge in [0.05, 0.1) is 41.3 Å². The molecule has 7 heteroatoms. The average molecular weight is 328 g/mol. The molecule has 1 unspecified atom stereocenters. The summed E-state index contributed by atoms with van der Waals surface area (Å²) in [6, 6.07) is 3.63. The van der Waals surface area contributed by atoms with Gasteiger partial charge in [-0.25, -0.2) is 0 Å². The molecule has 0 aliphatic heterocycles. The summed E-state index contributed by atoms with van der Waals surface area (Å²) in [5.74, 6) is 0. The zero-order valence-corrected chi connectivity index (χ0v) is 13.2. The Morgan fingerprint density at radius 2 is 2.19 bits per heavy atom.